The molecule has 134 valence electrons. The Morgan fingerprint density at radius 3 is 2.65 bits per heavy atom. The molecule has 0 radical (unpaired) electrons. The number of para-hydroxylation sites is 2. The molecule has 0 saturated heterocycles. The van der Waals surface area contributed by atoms with E-state index in [1.165, 1.54) is 20.5 Å². The molecular formula is C20H20N2O4. The van der Waals surface area contributed by atoms with Gasteiger partial charge in [0.2, 0.25) is 0 Å². The van der Waals surface area contributed by atoms with Crippen molar-refractivity contribution in [2.24, 2.45) is 4.99 Å². The number of carbonyl (C=O) groups is 1. The molecule has 26 heavy (non-hydrogen) atoms. The third-order valence-corrected chi connectivity index (χ3v) is 4.05. The Labute approximate surface area is 152 Å². The van der Waals surface area contributed by atoms with Gasteiger partial charge in [-0.3, -0.25) is 4.90 Å². The van der Waals surface area contributed by atoms with Crippen LogP contribution in [0.2, 0.25) is 0 Å². The van der Waals surface area contributed by atoms with Crippen molar-refractivity contribution < 1.29 is 19.0 Å². The van der Waals surface area contributed by atoms with Crippen molar-refractivity contribution in [1.29, 1.82) is 0 Å². The molecule has 1 aliphatic rings. The Morgan fingerprint density at radius 2 is 1.88 bits per heavy atom. The van der Waals surface area contributed by atoms with Crippen LogP contribution in [-0.2, 0) is 25.6 Å². The van der Waals surface area contributed by atoms with Crippen molar-refractivity contribution >= 4 is 28.9 Å². The second-order valence-electron chi connectivity index (χ2n) is 5.65. The Kier molecular flexibility index (Phi) is 5.22. The van der Waals surface area contributed by atoms with Crippen LogP contribution in [-0.4, -0.2) is 33.3 Å². The van der Waals surface area contributed by atoms with E-state index in [9.17, 15) is 4.79 Å². The molecule has 1 aliphatic heterocycles. The molecule has 0 amide bonds. The van der Waals surface area contributed by atoms with Crippen LogP contribution in [0.4, 0.5) is 11.4 Å². The van der Waals surface area contributed by atoms with Crippen LogP contribution in [0.25, 0.3) is 5.57 Å². The van der Waals surface area contributed by atoms with Crippen molar-refractivity contribution in [3.05, 3.63) is 65.9 Å². The zero-order chi connectivity index (χ0) is 18.5. The third-order valence-electron chi connectivity index (χ3n) is 4.05. The third kappa shape index (κ3) is 3.39. The van der Waals surface area contributed by atoms with Crippen LogP contribution in [0.1, 0.15) is 11.1 Å². The Morgan fingerprint density at radius 1 is 1.15 bits per heavy atom. The standard InChI is InChI=1S/C20H20N2O4/c1-22-18-11-7-4-8-14(18)12-26-20(22)21-17-10-6-5-9-15(17)16(13-24-2)19(23)25-3/h4-11,13H,12H2,1-3H3/b16-13+,21-20?. The van der Waals surface area contributed by atoms with Crippen LogP contribution in [0.15, 0.2) is 59.8 Å². The minimum atomic E-state index is -0.497. The first-order valence-corrected chi connectivity index (χ1v) is 8.09. The van der Waals surface area contributed by atoms with Gasteiger partial charge in [0.25, 0.3) is 6.02 Å². The largest absolute Gasteiger partial charge is 0.503 e. The van der Waals surface area contributed by atoms with Crippen molar-refractivity contribution in [2.45, 2.75) is 6.61 Å². The predicted molar refractivity (Wildman–Crippen MR) is 100 cm³/mol. The van der Waals surface area contributed by atoms with E-state index >= 15 is 0 Å². The van der Waals surface area contributed by atoms with E-state index in [-0.39, 0.29) is 5.57 Å². The lowest BCUT2D eigenvalue weighted by molar-refractivity contribution is -0.133. The number of fused-ring (bicyclic) bond motifs is 1. The number of aliphatic imine (C=N–C) groups is 1. The van der Waals surface area contributed by atoms with Gasteiger partial charge in [-0.25, -0.2) is 4.79 Å². The number of methoxy groups -OCH3 is 2. The first-order valence-electron chi connectivity index (χ1n) is 8.09. The maximum atomic E-state index is 12.1. The number of hydrogen-bond acceptors (Lipinski definition) is 5. The predicted octanol–water partition coefficient (Wildman–Crippen LogP) is 3.50. The fraction of sp³-hybridized carbons (Fsp3) is 0.200. The summed E-state index contributed by atoms with van der Waals surface area (Å²) in [5, 5.41) is 0. The highest BCUT2D eigenvalue weighted by Gasteiger charge is 2.22. The lowest BCUT2D eigenvalue weighted by atomic mass is 10.1. The second-order valence-corrected chi connectivity index (χ2v) is 5.65. The molecule has 3 rings (SSSR count). The van der Waals surface area contributed by atoms with Crippen LogP contribution in [0, 0.1) is 0 Å². The van der Waals surface area contributed by atoms with Gasteiger partial charge < -0.3 is 14.2 Å². The second kappa shape index (κ2) is 7.74. The van der Waals surface area contributed by atoms with Gasteiger partial charge in [-0.1, -0.05) is 36.4 Å². The first-order chi connectivity index (χ1) is 12.7. The molecule has 6 heteroatoms. The highest BCUT2D eigenvalue weighted by atomic mass is 16.5. The molecular weight excluding hydrogens is 332 g/mol. The van der Waals surface area contributed by atoms with E-state index in [1.807, 2.05) is 54.4 Å². The molecule has 0 unspecified atom stereocenters. The number of carbonyl (C=O) groups excluding carboxylic acids is 1. The molecule has 0 bridgehead atoms. The van der Waals surface area contributed by atoms with Crippen LogP contribution in [0.3, 0.4) is 0 Å². The SMILES string of the molecule is CO/C=C(/C(=O)OC)c1ccccc1N=C1OCc2ccccc2N1C. The zero-order valence-electron chi connectivity index (χ0n) is 14.9. The number of amidine groups is 1. The molecule has 0 aromatic heterocycles. The monoisotopic (exact) mass is 352 g/mol. The van der Waals surface area contributed by atoms with Crippen molar-refractivity contribution in [3.8, 4) is 0 Å². The van der Waals surface area contributed by atoms with Gasteiger partial charge >= 0.3 is 5.97 Å². The first kappa shape index (κ1) is 17.5. The lowest BCUT2D eigenvalue weighted by Crippen LogP contribution is -2.33. The molecule has 0 N–H and O–H groups in total. The molecule has 0 fully saturated rings. The van der Waals surface area contributed by atoms with Crippen LogP contribution >= 0.6 is 0 Å². The van der Waals surface area contributed by atoms with E-state index < -0.39 is 5.97 Å². The Bertz CT molecular complexity index is 874. The quantitative estimate of drug-likeness (QED) is 0.479. The molecule has 0 saturated carbocycles. The molecule has 6 nitrogen and oxygen atoms in total. The lowest BCUT2D eigenvalue weighted by Gasteiger charge is -2.28. The van der Waals surface area contributed by atoms with Crippen LogP contribution < -0.4 is 4.90 Å². The maximum Gasteiger partial charge on any atom is 0.341 e. The fourth-order valence-corrected chi connectivity index (χ4v) is 2.76. The summed E-state index contributed by atoms with van der Waals surface area (Å²) in [5.74, 6) is -0.497. The zero-order valence-corrected chi connectivity index (χ0v) is 14.9. The summed E-state index contributed by atoms with van der Waals surface area (Å²) < 4.78 is 15.7. The molecule has 2 aromatic rings. The number of benzene rings is 2. The summed E-state index contributed by atoms with van der Waals surface area (Å²) in [6.07, 6.45) is 1.35. The highest BCUT2D eigenvalue weighted by Crippen LogP contribution is 2.30. The van der Waals surface area contributed by atoms with Gasteiger partial charge in [0.05, 0.1) is 31.9 Å². The molecule has 0 aliphatic carbocycles. The summed E-state index contributed by atoms with van der Waals surface area (Å²) >= 11 is 0. The maximum absolute atomic E-state index is 12.1. The van der Waals surface area contributed by atoms with Gasteiger partial charge in [-0.2, -0.15) is 4.99 Å². The normalized spacial score (nSPS) is 15.3. The van der Waals surface area contributed by atoms with E-state index in [2.05, 4.69) is 4.99 Å². The molecule has 1 heterocycles. The topological polar surface area (TPSA) is 60.4 Å². The van der Waals surface area contributed by atoms with Gasteiger partial charge in [0.1, 0.15) is 12.2 Å². The van der Waals surface area contributed by atoms with E-state index in [0.717, 1.165) is 11.3 Å². The van der Waals surface area contributed by atoms with Gasteiger partial charge in [-0.05, 0) is 12.1 Å². The average Bonchev–Trinajstić information content (AvgIpc) is 2.68. The fourth-order valence-electron chi connectivity index (χ4n) is 2.76. The average molecular weight is 352 g/mol. The summed E-state index contributed by atoms with van der Waals surface area (Å²) in [4.78, 5) is 18.6. The van der Waals surface area contributed by atoms with Gasteiger partial charge in [0.15, 0.2) is 0 Å². The van der Waals surface area contributed by atoms with E-state index in [4.69, 9.17) is 14.2 Å². The number of esters is 1. The molecule has 0 atom stereocenters. The summed E-state index contributed by atoms with van der Waals surface area (Å²) in [6, 6.07) is 15.7. The summed E-state index contributed by atoms with van der Waals surface area (Å²) in [7, 11) is 4.70. The summed E-state index contributed by atoms with van der Waals surface area (Å²) in [6.45, 7) is 0.444. The van der Waals surface area contributed by atoms with Crippen molar-refractivity contribution in [3.63, 3.8) is 0 Å². The van der Waals surface area contributed by atoms with E-state index in [0.29, 0.717) is 23.9 Å². The number of anilines is 1. The van der Waals surface area contributed by atoms with Gasteiger partial charge in [-0.15, -0.1) is 0 Å². The van der Waals surface area contributed by atoms with Gasteiger partial charge in [0, 0.05) is 18.2 Å². The number of ether oxygens (including phenoxy) is 3. The van der Waals surface area contributed by atoms with E-state index in [1.54, 1.807) is 6.07 Å². The number of hydrogen-bond donors (Lipinski definition) is 0. The number of nitrogens with zero attached hydrogens (tertiary/aromatic N) is 2. The molecule has 0 spiro atoms. The van der Waals surface area contributed by atoms with Crippen molar-refractivity contribution in [2.75, 3.05) is 26.2 Å². The Hall–Kier alpha value is -3.28. The smallest absolute Gasteiger partial charge is 0.341 e. The molecule has 2 aromatic carbocycles. The highest BCUT2D eigenvalue weighted by molar-refractivity contribution is 6.17. The number of rotatable bonds is 4. The van der Waals surface area contributed by atoms with Crippen LogP contribution in [0.5, 0.6) is 0 Å². The van der Waals surface area contributed by atoms with Crippen molar-refractivity contribution in [1.82, 2.24) is 0 Å². The Balaban J connectivity index is 2.03. The minimum absolute atomic E-state index is 0.286. The minimum Gasteiger partial charge on any atom is -0.503 e. The summed E-state index contributed by atoms with van der Waals surface area (Å²) in [5.41, 5.74) is 3.60.